The van der Waals surface area contributed by atoms with Crippen LogP contribution in [-0.4, -0.2) is 9.66 Å². The molecule has 5 rings (SSSR count). The molecule has 3 nitrogen and oxygen atoms in total. The molecule has 0 fully saturated rings. The minimum atomic E-state index is -1.15. The summed E-state index contributed by atoms with van der Waals surface area (Å²) in [5.41, 5.74) is 0. The van der Waals surface area contributed by atoms with Crippen LogP contribution in [0.2, 0.25) is 0 Å². The Bertz CT molecular complexity index is 1110. The Balaban J connectivity index is 1.52. The maximum Gasteiger partial charge on any atom is 0.170 e. The van der Waals surface area contributed by atoms with Crippen molar-refractivity contribution in [1.29, 1.82) is 0 Å². The fraction of sp³-hybridized carbons (Fsp3) is 0. The van der Waals surface area contributed by atoms with Crippen LogP contribution in [0.4, 0.5) is 0 Å². The Labute approximate surface area is 175 Å². The molecule has 0 aliphatic carbocycles. The summed E-state index contributed by atoms with van der Waals surface area (Å²) in [6.45, 7) is 0. The van der Waals surface area contributed by atoms with Gasteiger partial charge < -0.3 is 14.4 Å². The van der Waals surface area contributed by atoms with E-state index in [1.54, 1.807) is 24.3 Å². The second kappa shape index (κ2) is 7.52. The molecule has 0 saturated heterocycles. The van der Waals surface area contributed by atoms with Crippen LogP contribution in [0.1, 0.15) is 0 Å². The highest BCUT2D eigenvalue weighted by atomic mass is 32.2. The van der Waals surface area contributed by atoms with Crippen molar-refractivity contribution >= 4 is 22.1 Å². The molecule has 0 amide bonds. The molecule has 1 N–H and O–H groups in total. The third-order valence-electron chi connectivity index (χ3n) is 4.78. The zero-order chi connectivity index (χ0) is 19.8. The van der Waals surface area contributed by atoms with Gasteiger partial charge in [0.15, 0.2) is 9.79 Å². The maximum atomic E-state index is 13.0. The Morgan fingerprint density at radius 1 is 0.655 bits per heavy atom. The van der Waals surface area contributed by atoms with Crippen molar-refractivity contribution in [2.24, 2.45) is 0 Å². The highest BCUT2D eigenvalue weighted by Crippen LogP contribution is 2.59. The second-order valence-corrected chi connectivity index (χ2v) is 10.2. The van der Waals surface area contributed by atoms with E-state index >= 15 is 0 Å². The number of ether oxygens (including phenoxy) is 1. The smallest absolute Gasteiger partial charge is 0.170 e. The quantitative estimate of drug-likeness (QED) is 0.310. The lowest BCUT2D eigenvalue weighted by Gasteiger charge is -2.31. The van der Waals surface area contributed by atoms with E-state index in [2.05, 4.69) is 24.3 Å². The summed E-state index contributed by atoms with van der Waals surface area (Å²) in [7, 11) is -0.783. The van der Waals surface area contributed by atoms with Crippen LogP contribution in [0.3, 0.4) is 0 Å². The molecular formula is C24H18O3S2. The monoisotopic (exact) mass is 418 g/mol. The first-order valence-electron chi connectivity index (χ1n) is 9.18. The molecule has 0 unspecified atom stereocenters. The Morgan fingerprint density at radius 2 is 1.14 bits per heavy atom. The highest BCUT2D eigenvalue weighted by Gasteiger charge is 2.33. The minimum Gasteiger partial charge on any atom is -0.606 e. The van der Waals surface area contributed by atoms with Gasteiger partial charge in [0.05, 0.1) is 9.79 Å². The van der Waals surface area contributed by atoms with Crippen molar-refractivity contribution in [2.75, 3.05) is 0 Å². The van der Waals surface area contributed by atoms with Gasteiger partial charge in [0.2, 0.25) is 0 Å². The number of thiol groups is 1. The summed E-state index contributed by atoms with van der Waals surface area (Å²) < 4.78 is 18.9. The van der Waals surface area contributed by atoms with Gasteiger partial charge in [-0.2, -0.15) is 10.9 Å². The number of aromatic hydroxyl groups is 1. The first-order valence-corrected chi connectivity index (χ1v) is 11.7. The second-order valence-electron chi connectivity index (χ2n) is 6.63. The maximum absolute atomic E-state index is 13.0. The lowest BCUT2D eigenvalue weighted by atomic mass is 10.3. The van der Waals surface area contributed by atoms with Gasteiger partial charge in [-0.3, -0.25) is 0 Å². The summed E-state index contributed by atoms with van der Waals surface area (Å²) in [6.07, 6.45) is 0. The van der Waals surface area contributed by atoms with Crippen molar-refractivity contribution in [2.45, 2.75) is 24.5 Å². The van der Waals surface area contributed by atoms with E-state index in [0.29, 0.717) is 5.75 Å². The number of hydrogen-bond donors (Lipinski definition) is 2. The van der Waals surface area contributed by atoms with E-state index in [1.165, 1.54) is 4.90 Å². The molecule has 1 aliphatic rings. The van der Waals surface area contributed by atoms with Gasteiger partial charge in [-0.05, 0) is 77.7 Å². The largest absolute Gasteiger partial charge is 0.606 e. The van der Waals surface area contributed by atoms with Crippen LogP contribution in [0.25, 0.3) is 0 Å². The molecule has 144 valence electrons. The third kappa shape index (κ3) is 3.38. The fourth-order valence-electron chi connectivity index (χ4n) is 3.44. The Kier molecular flexibility index (Phi) is 4.72. The predicted molar refractivity (Wildman–Crippen MR) is 116 cm³/mol. The standard InChI is InChI=1S/C24H18O3S2/c25-17-9-11-18(12-10-17)27-19-13-15-20(16-14-19)28-21-5-1-3-7-23(21)29(26)24-8-4-2-6-22(24)28/h1-16,25,28H. The summed E-state index contributed by atoms with van der Waals surface area (Å²) in [5.74, 6) is 1.61. The summed E-state index contributed by atoms with van der Waals surface area (Å²) in [4.78, 5) is 5.29. The number of fused-ring (bicyclic) bond motifs is 2. The highest BCUT2D eigenvalue weighted by molar-refractivity contribution is 8.18. The molecule has 0 aromatic heterocycles. The first-order chi connectivity index (χ1) is 14.2. The Morgan fingerprint density at radius 3 is 1.69 bits per heavy atom. The van der Waals surface area contributed by atoms with Crippen molar-refractivity contribution < 1.29 is 14.4 Å². The lowest BCUT2D eigenvalue weighted by molar-refractivity contribution is 0.464. The van der Waals surface area contributed by atoms with Gasteiger partial charge in [0.1, 0.15) is 17.2 Å². The molecule has 1 heterocycles. The van der Waals surface area contributed by atoms with Crippen molar-refractivity contribution in [3.63, 3.8) is 0 Å². The summed E-state index contributed by atoms with van der Waals surface area (Å²) >= 11 is -1.15. The molecule has 4 aromatic carbocycles. The van der Waals surface area contributed by atoms with Gasteiger partial charge in [0.25, 0.3) is 0 Å². The predicted octanol–water partition coefficient (Wildman–Crippen LogP) is 6.14. The average Bonchev–Trinajstić information content (AvgIpc) is 2.77. The van der Waals surface area contributed by atoms with Crippen LogP contribution in [0.5, 0.6) is 17.2 Å². The van der Waals surface area contributed by atoms with Crippen molar-refractivity contribution in [1.82, 2.24) is 0 Å². The first kappa shape index (κ1) is 18.2. The van der Waals surface area contributed by atoms with Crippen LogP contribution >= 0.6 is 10.9 Å². The van der Waals surface area contributed by atoms with Gasteiger partial charge >= 0.3 is 0 Å². The molecule has 0 bridgehead atoms. The molecule has 0 radical (unpaired) electrons. The number of phenols is 1. The van der Waals surface area contributed by atoms with E-state index in [1.807, 2.05) is 48.5 Å². The number of rotatable bonds is 3. The summed E-state index contributed by atoms with van der Waals surface area (Å²) in [6, 6.07) is 30.8. The van der Waals surface area contributed by atoms with Gasteiger partial charge in [0, 0.05) is 11.2 Å². The number of phenolic OH excluding ortho intramolecular Hbond substituents is 1. The molecule has 4 aromatic rings. The minimum absolute atomic E-state index is 0.211. The normalized spacial score (nSPS) is 18.5. The van der Waals surface area contributed by atoms with Gasteiger partial charge in [-0.1, -0.05) is 24.3 Å². The zero-order valence-electron chi connectivity index (χ0n) is 15.4. The van der Waals surface area contributed by atoms with E-state index in [0.717, 1.165) is 25.3 Å². The van der Waals surface area contributed by atoms with Gasteiger partial charge in [-0.25, -0.2) is 0 Å². The SMILES string of the molecule is [O-][S+]1c2ccccc2[SH](c2ccc(Oc3ccc(O)cc3)cc2)c2ccccc21. The van der Waals surface area contributed by atoms with Crippen LogP contribution in [-0.2, 0) is 11.2 Å². The topological polar surface area (TPSA) is 52.5 Å². The third-order valence-corrected chi connectivity index (χ3v) is 9.15. The number of hydrogen-bond acceptors (Lipinski definition) is 3. The van der Waals surface area contributed by atoms with Crippen molar-refractivity contribution in [3.8, 4) is 17.2 Å². The van der Waals surface area contributed by atoms with E-state index < -0.39 is 22.1 Å². The van der Waals surface area contributed by atoms with Crippen LogP contribution < -0.4 is 4.74 Å². The molecule has 0 atom stereocenters. The molecular weight excluding hydrogens is 400 g/mol. The van der Waals surface area contributed by atoms with E-state index in [4.69, 9.17) is 4.74 Å². The van der Waals surface area contributed by atoms with Gasteiger partial charge in [-0.15, -0.1) is 0 Å². The van der Waals surface area contributed by atoms with E-state index in [-0.39, 0.29) is 5.75 Å². The van der Waals surface area contributed by atoms with Crippen molar-refractivity contribution in [3.05, 3.63) is 97.1 Å². The molecule has 29 heavy (non-hydrogen) atoms. The van der Waals surface area contributed by atoms with Crippen LogP contribution in [0.15, 0.2) is 122 Å². The average molecular weight is 419 g/mol. The molecule has 0 saturated carbocycles. The van der Waals surface area contributed by atoms with E-state index in [9.17, 15) is 9.66 Å². The Hall–Kier alpha value is -2.86. The molecule has 1 aliphatic heterocycles. The lowest BCUT2D eigenvalue weighted by Crippen LogP contribution is -2.12. The number of benzene rings is 4. The zero-order valence-corrected chi connectivity index (χ0v) is 17.1. The van der Waals surface area contributed by atoms with Crippen LogP contribution in [0, 0.1) is 0 Å². The molecule has 0 spiro atoms. The fourth-order valence-corrected chi connectivity index (χ4v) is 7.96. The molecule has 5 heteroatoms. The summed E-state index contributed by atoms with van der Waals surface area (Å²) in [5, 5.41) is 9.41.